The second-order valence-electron chi connectivity index (χ2n) is 8.19. The maximum absolute atomic E-state index is 4.86. The molecule has 1 aromatic heterocycles. The molecule has 1 aromatic carbocycles. The van der Waals surface area contributed by atoms with Gasteiger partial charge < -0.3 is 14.8 Å². The summed E-state index contributed by atoms with van der Waals surface area (Å²) >= 11 is 0. The minimum atomic E-state index is 0. The van der Waals surface area contributed by atoms with E-state index in [9.17, 15) is 0 Å². The Labute approximate surface area is 204 Å². The number of piperazine rings is 1. The Morgan fingerprint density at radius 3 is 2.42 bits per heavy atom. The van der Waals surface area contributed by atoms with Crippen molar-refractivity contribution in [2.75, 3.05) is 39.3 Å². The molecule has 172 valence electrons. The van der Waals surface area contributed by atoms with Gasteiger partial charge in [0, 0.05) is 52.2 Å². The van der Waals surface area contributed by atoms with E-state index in [0.29, 0.717) is 5.92 Å². The zero-order chi connectivity index (χ0) is 21.3. The van der Waals surface area contributed by atoms with Gasteiger partial charge in [-0.15, -0.1) is 34.2 Å². The fourth-order valence-corrected chi connectivity index (χ4v) is 3.81. The minimum Gasteiger partial charge on any atom is -0.357 e. The molecule has 0 saturated carbocycles. The molecule has 0 atom stereocenters. The summed E-state index contributed by atoms with van der Waals surface area (Å²) in [5.41, 5.74) is 2.81. The fourth-order valence-electron chi connectivity index (χ4n) is 3.81. The van der Waals surface area contributed by atoms with E-state index in [1.54, 1.807) is 6.33 Å². The summed E-state index contributed by atoms with van der Waals surface area (Å²) < 4.78 is 2.09. The van der Waals surface area contributed by atoms with E-state index in [-0.39, 0.29) is 24.0 Å². The maximum Gasteiger partial charge on any atom is 0.194 e. The molecule has 31 heavy (non-hydrogen) atoms. The molecule has 3 rings (SSSR count). The molecular formula is C23H38IN7. The lowest BCUT2D eigenvalue weighted by Gasteiger charge is -2.36. The van der Waals surface area contributed by atoms with Crippen molar-refractivity contribution in [3.05, 3.63) is 47.5 Å². The van der Waals surface area contributed by atoms with Gasteiger partial charge >= 0.3 is 0 Å². The standard InChI is InChI=1S/C23H37N7.HI/c1-5-22-27-26-18-30(22)12-11-25-23(24-6-2)29-15-13-28(14-16-29)17-20-7-9-21(10-8-20)19(3)4;/h7-10,18-19H,5-6,11-17H2,1-4H3,(H,24,25);1H. The van der Waals surface area contributed by atoms with Crippen LogP contribution in [-0.4, -0.2) is 69.8 Å². The van der Waals surface area contributed by atoms with Crippen molar-refractivity contribution in [2.45, 2.75) is 53.1 Å². The molecule has 1 aliphatic heterocycles. The normalized spacial score (nSPS) is 15.3. The molecule has 1 N–H and O–H groups in total. The molecule has 8 heteroatoms. The van der Waals surface area contributed by atoms with Crippen LogP contribution in [-0.2, 0) is 19.5 Å². The van der Waals surface area contributed by atoms with Crippen LogP contribution in [0.2, 0.25) is 0 Å². The van der Waals surface area contributed by atoms with Crippen molar-refractivity contribution in [2.24, 2.45) is 4.99 Å². The van der Waals surface area contributed by atoms with E-state index >= 15 is 0 Å². The monoisotopic (exact) mass is 539 g/mol. The average molecular weight is 540 g/mol. The largest absolute Gasteiger partial charge is 0.357 e. The van der Waals surface area contributed by atoms with Crippen LogP contribution >= 0.6 is 24.0 Å². The predicted molar refractivity (Wildman–Crippen MR) is 138 cm³/mol. The quantitative estimate of drug-likeness (QED) is 0.317. The summed E-state index contributed by atoms with van der Waals surface area (Å²) in [5, 5.41) is 11.6. The highest BCUT2D eigenvalue weighted by Crippen LogP contribution is 2.16. The van der Waals surface area contributed by atoms with E-state index in [4.69, 9.17) is 4.99 Å². The first-order chi connectivity index (χ1) is 14.6. The Bertz CT molecular complexity index is 793. The van der Waals surface area contributed by atoms with Crippen LogP contribution in [0.15, 0.2) is 35.6 Å². The van der Waals surface area contributed by atoms with Crippen molar-refractivity contribution < 1.29 is 0 Å². The van der Waals surface area contributed by atoms with Gasteiger partial charge in [0.2, 0.25) is 0 Å². The van der Waals surface area contributed by atoms with E-state index in [2.05, 4.69) is 81.8 Å². The van der Waals surface area contributed by atoms with Crippen molar-refractivity contribution in [1.82, 2.24) is 29.9 Å². The molecule has 1 saturated heterocycles. The van der Waals surface area contributed by atoms with Gasteiger partial charge in [-0.1, -0.05) is 45.0 Å². The number of aromatic nitrogens is 3. The van der Waals surface area contributed by atoms with E-state index in [0.717, 1.165) is 70.6 Å². The van der Waals surface area contributed by atoms with Crippen LogP contribution in [0.3, 0.4) is 0 Å². The summed E-state index contributed by atoms with van der Waals surface area (Å²) in [7, 11) is 0. The van der Waals surface area contributed by atoms with Crippen LogP contribution in [0.25, 0.3) is 0 Å². The molecular weight excluding hydrogens is 501 g/mol. The van der Waals surface area contributed by atoms with Gasteiger partial charge in [-0.3, -0.25) is 9.89 Å². The highest BCUT2D eigenvalue weighted by atomic mass is 127. The van der Waals surface area contributed by atoms with Crippen molar-refractivity contribution in [3.8, 4) is 0 Å². The highest BCUT2D eigenvalue weighted by Gasteiger charge is 2.19. The molecule has 0 spiro atoms. The number of nitrogens with zero attached hydrogens (tertiary/aromatic N) is 6. The number of halogens is 1. The second-order valence-corrected chi connectivity index (χ2v) is 8.19. The highest BCUT2D eigenvalue weighted by molar-refractivity contribution is 14.0. The molecule has 0 unspecified atom stereocenters. The first kappa shape index (κ1) is 25.6. The van der Waals surface area contributed by atoms with Crippen molar-refractivity contribution in [3.63, 3.8) is 0 Å². The average Bonchev–Trinajstić information content (AvgIpc) is 3.22. The Kier molecular flexibility index (Phi) is 10.7. The van der Waals surface area contributed by atoms with E-state index in [1.165, 1.54) is 11.1 Å². The topological polar surface area (TPSA) is 61.6 Å². The van der Waals surface area contributed by atoms with Crippen molar-refractivity contribution >= 4 is 29.9 Å². The number of nitrogens with one attached hydrogen (secondary N) is 1. The Balaban J connectivity index is 0.00000341. The predicted octanol–water partition coefficient (Wildman–Crippen LogP) is 3.37. The number of aryl methyl sites for hydroxylation is 1. The number of rotatable bonds is 8. The first-order valence-electron chi connectivity index (χ1n) is 11.3. The van der Waals surface area contributed by atoms with Crippen LogP contribution < -0.4 is 5.32 Å². The maximum atomic E-state index is 4.86. The Hall–Kier alpha value is -1.68. The first-order valence-corrected chi connectivity index (χ1v) is 11.3. The molecule has 2 aromatic rings. The third kappa shape index (κ3) is 7.45. The Morgan fingerprint density at radius 2 is 1.81 bits per heavy atom. The summed E-state index contributed by atoms with van der Waals surface area (Å²) in [6, 6.07) is 9.10. The summed E-state index contributed by atoms with van der Waals surface area (Å²) in [6.45, 7) is 16.3. The molecule has 1 aliphatic rings. The molecule has 0 bridgehead atoms. The van der Waals surface area contributed by atoms with Crippen LogP contribution in [0.5, 0.6) is 0 Å². The SMILES string of the molecule is CCNC(=NCCn1cnnc1CC)N1CCN(Cc2ccc(C(C)C)cc2)CC1.I. The molecule has 2 heterocycles. The van der Waals surface area contributed by atoms with E-state index in [1.807, 2.05) is 0 Å². The van der Waals surface area contributed by atoms with Gasteiger partial charge in [-0.25, -0.2) is 0 Å². The second kappa shape index (κ2) is 13.0. The summed E-state index contributed by atoms with van der Waals surface area (Å²) in [4.78, 5) is 9.78. The number of hydrogen-bond acceptors (Lipinski definition) is 4. The molecule has 0 radical (unpaired) electrons. The number of guanidine groups is 1. The summed E-state index contributed by atoms with van der Waals surface area (Å²) in [6.07, 6.45) is 2.69. The van der Waals surface area contributed by atoms with Gasteiger partial charge in [0.1, 0.15) is 12.2 Å². The third-order valence-electron chi connectivity index (χ3n) is 5.67. The lowest BCUT2D eigenvalue weighted by Crippen LogP contribution is -2.52. The van der Waals surface area contributed by atoms with E-state index < -0.39 is 0 Å². The van der Waals surface area contributed by atoms with Gasteiger partial charge in [-0.2, -0.15) is 0 Å². The fraction of sp³-hybridized carbons (Fsp3) is 0.609. The number of aliphatic imine (C=N–C) groups is 1. The van der Waals surface area contributed by atoms with Gasteiger partial charge in [0.05, 0.1) is 6.54 Å². The van der Waals surface area contributed by atoms with Gasteiger partial charge in [0.15, 0.2) is 5.96 Å². The zero-order valence-electron chi connectivity index (χ0n) is 19.4. The lowest BCUT2D eigenvalue weighted by atomic mass is 10.0. The van der Waals surface area contributed by atoms with Crippen LogP contribution in [0, 0.1) is 0 Å². The smallest absolute Gasteiger partial charge is 0.194 e. The lowest BCUT2D eigenvalue weighted by molar-refractivity contribution is 0.172. The minimum absolute atomic E-state index is 0. The van der Waals surface area contributed by atoms with Crippen LogP contribution in [0.1, 0.15) is 50.6 Å². The van der Waals surface area contributed by atoms with Gasteiger partial charge in [0.25, 0.3) is 0 Å². The zero-order valence-corrected chi connectivity index (χ0v) is 21.7. The van der Waals surface area contributed by atoms with Gasteiger partial charge in [-0.05, 0) is 24.0 Å². The molecule has 1 fully saturated rings. The van der Waals surface area contributed by atoms with Crippen molar-refractivity contribution in [1.29, 1.82) is 0 Å². The molecule has 0 amide bonds. The molecule has 0 aliphatic carbocycles. The third-order valence-corrected chi connectivity index (χ3v) is 5.67. The Morgan fingerprint density at radius 1 is 1.10 bits per heavy atom. The van der Waals surface area contributed by atoms with Crippen LogP contribution in [0.4, 0.5) is 0 Å². The molecule has 7 nitrogen and oxygen atoms in total. The summed E-state index contributed by atoms with van der Waals surface area (Å²) in [5.74, 6) is 2.62. The number of benzene rings is 1. The number of hydrogen-bond donors (Lipinski definition) is 1.